The molecule has 3 rings (SSSR count). The average Bonchev–Trinajstić information content (AvgIpc) is 2.59. The van der Waals surface area contributed by atoms with E-state index in [4.69, 9.17) is 9.47 Å². The maximum atomic E-state index is 5.33. The molecule has 0 saturated heterocycles. The van der Waals surface area contributed by atoms with E-state index >= 15 is 0 Å². The van der Waals surface area contributed by atoms with Crippen molar-refractivity contribution >= 4 is 23.1 Å². The first-order valence-corrected chi connectivity index (χ1v) is 7.05. The Labute approximate surface area is 129 Å². The van der Waals surface area contributed by atoms with Crippen LogP contribution in [-0.4, -0.2) is 19.2 Å². The molecule has 0 amide bonds. The summed E-state index contributed by atoms with van der Waals surface area (Å²) in [5.41, 5.74) is 3.19. The number of benzene rings is 2. The van der Waals surface area contributed by atoms with Crippen molar-refractivity contribution in [2.24, 2.45) is 0 Å². The van der Waals surface area contributed by atoms with Gasteiger partial charge in [0.1, 0.15) is 0 Å². The van der Waals surface area contributed by atoms with Crippen LogP contribution >= 0.6 is 0 Å². The predicted octanol–water partition coefficient (Wildman–Crippen LogP) is 4.42. The van der Waals surface area contributed by atoms with Crippen LogP contribution in [0.3, 0.4) is 0 Å². The molecule has 22 heavy (non-hydrogen) atoms. The number of ether oxygens (including phenoxy) is 2. The van der Waals surface area contributed by atoms with Crippen molar-refractivity contribution in [3.63, 3.8) is 0 Å². The lowest BCUT2D eigenvalue weighted by molar-refractivity contribution is 0.355. The second-order valence-electron chi connectivity index (χ2n) is 4.87. The lowest BCUT2D eigenvalue weighted by atomic mass is 10.1. The van der Waals surface area contributed by atoms with Crippen LogP contribution in [0.4, 0.5) is 0 Å². The monoisotopic (exact) mass is 291 g/mol. The Morgan fingerprint density at radius 1 is 0.864 bits per heavy atom. The Kier molecular flexibility index (Phi) is 4.05. The summed E-state index contributed by atoms with van der Waals surface area (Å²) < 4.78 is 10.6. The molecule has 1 heterocycles. The van der Waals surface area contributed by atoms with Gasteiger partial charge in [0, 0.05) is 11.6 Å². The molecule has 3 nitrogen and oxygen atoms in total. The summed E-state index contributed by atoms with van der Waals surface area (Å²) >= 11 is 0. The Bertz CT molecular complexity index is 819. The van der Waals surface area contributed by atoms with Gasteiger partial charge in [-0.3, -0.25) is 4.98 Å². The Balaban J connectivity index is 1.96. The first-order valence-electron chi connectivity index (χ1n) is 7.05. The lowest BCUT2D eigenvalue weighted by Crippen LogP contribution is -1.90. The fourth-order valence-electron chi connectivity index (χ4n) is 2.41. The molecule has 110 valence electrons. The molecule has 0 fully saturated rings. The van der Waals surface area contributed by atoms with Gasteiger partial charge in [0.05, 0.1) is 19.7 Å². The van der Waals surface area contributed by atoms with E-state index < -0.39 is 0 Å². The molecule has 0 N–H and O–H groups in total. The molecule has 0 saturated carbocycles. The van der Waals surface area contributed by atoms with E-state index in [9.17, 15) is 0 Å². The minimum absolute atomic E-state index is 0.726. The molecule has 0 unspecified atom stereocenters. The molecule has 3 heteroatoms. The first kappa shape index (κ1) is 14.1. The van der Waals surface area contributed by atoms with Gasteiger partial charge in [-0.1, -0.05) is 36.4 Å². The Morgan fingerprint density at radius 3 is 2.50 bits per heavy atom. The zero-order chi connectivity index (χ0) is 15.4. The van der Waals surface area contributed by atoms with Gasteiger partial charge in [-0.05, 0) is 35.4 Å². The van der Waals surface area contributed by atoms with Crippen LogP contribution in [0.1, 0.15) is 11.1 Å². The third kappa shape index (κ3) is 2.79. The second kappa shape index (κ2) is 6.31. The highest BCUT2D eigenvalue weighted by atomic mass is 16.5. The molecule has 3 aromatic rings. The molecule has 0 aliphatic carbocycles. The van der Waals surface area contributed by atoms with Crippen molar-refractivity contribution in [2.75, 3.05) is 14.2 Å². The summed E-state index contributed by atoms with van der Waals surface area (Å²) in [6.07, 6.45) is 5.98. The van der Waals surface area contributed by atoms with Gasteiger partial charge < -0.3 is 9.47 Å². The number of fused-ring (bicyclic) bond motifs is 1. The quantitative estimate of drug-likeness (QED) is 0.713. The van der Waals surface area contributed by atoms with Crippen LogP contribution in [0.25, 0.3) is 23.1 Å². The SMILES string of the molecule is COc1ccc(/C=C\c2ccnc3ccccc23)cc1OC. The highest BCUT2D eigenvalue weighted by molar-refractivity contribution is 5.90. The topological polar surface area (TPSA) is 31.4 Å². The lowest BCUT2D eigenvalue weighted by Gasteiger charge is -2.07. The van der Waals surface area contributed by atoms with E-state index in [1.54, 1.807) is 14.2 Å². The van der Waals surface area contributed by atoms with Crippen molar-refractivity contribution < 1.29 is 9.47 Å². The summed E-state index contributed by atoms with van der Waals surface area (Å²) in [6, 6.07) is 16.0. The van der Waals surface area contributed by atoms with E-state index in [2.05, 4.69) is 23.2 Å². The molecular weight excluding hydrogens is 274 g/mol. The van der Waals surface area contributed by atoms with Gasteiger partial charge >= 0.3 is 0 Å². The number of pyridine rings is 1. The molecule has 0 aliphatic heterocycles. The third-order valence-electron chi connectivity index (χ3n) is 3.55. The number of nitrogens with zero attached hydrogens (tertiary/aromatic N) is 1. The number of hydrogen-bond acceptors (Lipinski definition) is 3. The van der Waals surface area contributed by atoms with Crippen LogP contribution in [-0.2, 0) is 0 Å². The van der Waals surface area contributed by atoms with E-state index in [0.717, 1.165) is 33.5 Å². The maximum Gasteiger partial charge on any atom is 0.161 e. The highest BCUT2D eigenvalue weighted by Gasteiger charge is 2.03. The summed E-state index contributed by atoms with van der Waals surface area (Å²) in [7, 11) is 3.28. The highest BCUT2D eigenvalue weighted by Crippen LogP contribution is 2.28. The normalized spacial score (nSPS) is 11.0. The van der Waals surface area contributed by atoms with E-state index in [1.807, 2.05) is 48.7 Å². The van der Waals surface area contributed by atoms with Gasteiger partial charge in [-0.15, -0.1) is 0 Å². The number of para-hydroxylation sites is 1. The smallest absolute Gasteiger partial charge is 0.161 e. The average molecular weight is 291 g/mol. The van der Waals surface area contributed by atoms with Gasteiger partial charge in [0.2, 0.25) is 0 Å². The van der Waals surface area contributed by atoms with Crippen LogP contribution in [0.15, 0.2) is 54.7 Å². The van der Waals surface area contributed by atoms with Crippen LogP contribution in [0, 0.1) is 0 Å². The zero-order valence-electron chi connectivity index (χ0n) is 12.6. The second-order valence-corrected chi connectivity index (χ2v) is 4.87. The molecule has 2 aromatic carbocycles. The van der Waals surface area contributed by atoms with Gasteiger partial charge in [-0.2, -0.15) is 0 Å². The Morgan fingerprint density at radius 2 is 1.68 bits per heavy atom. The van der Waals surface area contributed by atoms with E-state index in [0.29, 0.717) is 0 Å². The van der Waals surface area contributed by atoms with E-state index in [-0.39, 0.29) is 0 Å². The number of methoxy groups -OCH3 is 2. The van der Waals surface area contributed by atoms with Crippen molar-refractivity contribution in [2.45, 2.75) is 0 Å². The van der Waals surface area contributed by atoms with Crippen molar-refractivity contribution in [3.8, 4) is 11.5 Å². The fraction of sp³-hybridized carbons (Fsp3) is 0.105. The van der Waals surface area contributed by atoms with E-state index in [1.165, 1.54) is 0 Å². The third-order valence-corrected chi connectivity index (χ3v) is 3.55. The molecular formula is C19H17NO2. The number of rotatable bonds is 4. The van der Waals surface area contributed by atoms with Crippen LogP contribution in [0.5, 0.6) is 11.5 Å². The van der Waals surface area contributed by atoms with Crippen LogP contribution in [0.2, 0.25) is 0 Å². The first-order chi connectivity index (χ1) is 10.8. The number of hydrogen-bond donors (Lipinski definition) is 0. The van der Waals surface area contributed by atoms with Crippen molar-refractivity contribution in [3.05, 3.63) is 65.9 Å². The molecule has 0 aliphatic rings. The molecule has 0 spiro atoms. The fourth-order valence-corrected chi connectivity index (χ4v) is 2.41. The minimum atomic E-state index is 0.726. The largest absolute Gasteiger partial charge is 0.493 e. The van der Waals surface area contributed by atoms with Crippen molar-refractivity contribution in [1.29, 1.82) is 0 Å². The van der Waals surface area contributed by atoms with Gasteiger partial charge in [0.25, 0.3) is 0 Å². The number of aromatic nitrogens is 1. The zero-order valence-corrected chi connectivity index (χ0v) is 12.6. The molecule has 0 bridgehead atoms. The molecule has 0 atom stereocenters. The summed E-state index contributed by atoms with van der Waals surface area (Å²) in [6.45, 7) is 0. The van der Waals surface area contributed by atoms with Gasteiger partial charge in [-0.25, -0.2) is 0 Å². The van der Waals surface area contributed by atoms with Crippen molar-refractivity contribution in [1.82, 2.24) is 4.98 Å². The standard InChI is InChI=1S/C19H17NO2/c1-21-18-10-8-14(13-19(18)22-2)7-9-15-11-12-20-17-6-4-3-5-16(15)17/h3-13H,1-2H3/b9-7-. The summed E-state index contributed by atoms with van der Waals surface area (Å²) in [4.78, 5) is 4.38. The Hall–Kier alpha value is -2.81. The van der Waals surface area contributed by atoms with Gasteiger partial charge in [0.15, 0.2) is 11.5 Å². The summed E-state index contributed by atoms with van der Waals surface area (Å²) in [5.74, 6) is 1.46. The molecule has 0 radical (unpaired) electrons. The predicted molar refractivity (Wildman–Crippen MR) is 90.2 cm³/mol. The maximum absolute atomic E-state index is 5.33. The minimum Gasteiger partial charge on any atom is -0.493 e. The van der Waals surface area contributed by atoms with Crippen LogP contribution < -0.4 is 9.47 Å². The summed E-state index contributed by atoms with van der Waals surface area (Å²) in [5, 5.41) is 1.14. The molecule has 1 aromatic heterocycles.